The zero-order chi connectivity index (χ0) is 6.28. The molecule has 0 aliphatic heterocycles. The molecule has 7 heavy (non-hydrogen) atoms. The van der Waals surface area contributed by atoms with Crippen molar-refractivity contribution in [2.75, 3.05) is 26.6 Å². The first-order valence-electron chi connectivity index (χ1n) is 2.36. The summed E-state index contributed by atoms with van der Waals surface area (Å²) in [5.41, 5.74) is 0. The van der Waals surface area contributed by atoms with E-state index in [2.05, 4.69) is 20.0 Å². The molecule has 0 unspecified atom stereocenters. The van der Waals surface area contributed by atoms with E-state index in [9.17, 15) is 0 Å². The monoisotopic (exact) mass is 122 g/mol. The molecule has 0 amide bonds. The molecule has 0 rings (SSSR count). The minimum Gasteiger partial charge on any atom is -0.397 e. The van der Waals surface area contributed by atoms with Gasteiger partial charge in [-0.2, -0.15) is 0 Å². The Labute approximate surface area is 47.5 Å². The summed E-state index contributed by atoms with van der Waals surface area (Å²) >= 11 is 0. The zero-order valence-electron chi connectivity index (χ0n) is 5.60. The average molecular weight is 122 g/mol. The summed E-state index contributed by atoms with van der Waals surface area (Å²) in [6, 6.07) is 0. The molecule has 0 radical (unpaired) electrons. The molecular formula is C5H15OP. The fourth-order valence-corrected chi connectivity index (χ4v) is 0. The Kier molecular flexibility index (Phi) is 14.3. The van der Waals surface area contributed by atoms with Crippen LogP contribution in [0.3, 0.4) is 0 Å². The highest BCUT2D eigenvalue weighted by atomic mass is 31.1. The molecule has 1 N–H and O–H groups in total. The first kappa shape index (κ1) is 10.4. The van der Waals surface area contributed by atoms with Gasteiger partial charge >= 0.3 is 0 Å². The third-order valence-corrected chi connectivity index (χ3v) is 0. The molecule has 0 aliphatic carbocycles. The first-order chi connectivity index (χ1) is 3.15. The van der Waals surface area contributed by atoms with Crippen LogP contribution in [0.5, 0.6) is 0 Å². The first-order valence-corrected chi connectivity index (χ1v) is 5.05. The van der Waals surface area contributed by atoms with Crippen molar-refractivity contribution < 1.29 is 5.11 Å². The number of aliphatic hydroxyl groups is 1. The van der Waals surface area contributed by atoms with Gasteiger partial charge in [-0.1, -0.05) is 0 Å². The Hall–Kier alpha value is 0.390. The maximum absolute atomic E-state index is 7.57. The second-order valence-electron chi connectivity index (χ2n) is 1.66. The van der Waals surface area contributed by atoms with Crippen LogP contribution in [0.1, 0.15) is 6.92 Å². The SMILES string of the molecule is CCO.CP(C)C. The van der Waals surface area contributed by atoms with Gasteiger partial charge < -0.3 is 5.11 Å². The molecule has 46 valence electrons. The van der Waals surface area contributed by atoms with Crippen molar-refractivity contribution in [3.05, 3.63) is 0 Å². The number of hydrogen-bond acceptors (Lipinski definition) is 1. The highest BCUT2D eigenvalue weighted by molar-refractivity contribution is 7.55. The van der Waals surface area contributed by atoms with Crippen LogP contribution in [0, 0.1) is 0 Å². The molecule has 2 heteroatoms. The largest absolute Gasteiger partial charge is 0.397 e. The van der Waals surface area contributed by atoms with Gasteiger partial charge in [-0.15, -0.1) is 7.92 Å². The highest BCUT2D eigenvalue weighted by Crippen LogP contribution is 2.14. The van der Waals surface area contributed by atoms with Crippen molar-refractivity contribution in [3.63, 3.8) is 0 Å². The topological polar surface area (TPSA) is 20.2 Å². The Bertz CT molecular complexity index is 19.3. The highest BCUT2D eigenvalue weighted by Gasteiger charge is 1.65. The summed E-state index contributed by atoms with van der Waals surface area (Å²) < 4.78 is 0. The summed E-state index contributed by atoms with van der Waals surface area (Å²) in [6.45, 7) is 8.62. The molecular weight excluding hydrogens is 107 g/mol. The van der Waals surface area contributed by atoms with Crippen LogP contribution in [0.25, 0.3) is 0 Å². The van der Waals surface area contributed by atoms with Gasteiger partial charge in [-0.05, 0) is 26.9 Å². The third kappa shape index (κ3) is 810. The van der Waals surface area contributed by atoms with Gasteiger partial charge in [0, 0.05) is 6.61 Å². The predicted molar refractivity (Wildman–Crippen MR) is 37.5 cm³/mol. The number of hydrogen-bond donors (Lipinski definition) is 1. The van der Waals surface area contributed by atoms with Crippen LogP contribution in [0.15, 0.2) is 0 Å². The molecule has 0 aromatic carbocycles. The molecule has 0 spiro atoms. The molecule has 0 bridgehead atoms. The molecule has 0 aliphatic rings. The van der Waals surface area contributed by atoms with Gasteiger partial charge in [0.05, 0.1) is 0 Å². The van der Waals surface area contributed by atoms with E-state index in [0.717, 1.165) is 0 Å². The number of rotatable bonds is 0. The minimum atomic E-state index is 0.250. The Balaban J connectivity index is 0. The lowest BCUT2D eigenvalue weighted by molar-refractivity contribution is 0.318. The minimum absolute atomic E-state index is 0.250. The van der Waals surface area contributed by atoms with Gasteiger partial charge in [0.15, 0.2) is 0 Å². The Morgan fingerprint density at radius 1 is 1.29 bits per heavy atom. The second kappa shape index (κ2) is 9.63. The zero-order valence-corrected chi connectivity index (χ0v) is 6.50. The van der Waals surface area contributed by atoms with Crippen molar-refractivity contribution in [1.29, 1.82) is 0 Å². The summed E-state index contributed by atoms with van der Waals surface area (Å²) in [4.78, 5) is 0. The third-order valence-electron chi connectivity index (χ3n) is 0. The van der Waals surface area contributed by atoms with E-state index in [4.69, 9.17) is 5.11 Å². The summed E-state index contributed by atoms with van der Waals surface area (Å²) in [5, 5.41) is 7.57. The van der Waals surface area contributed by atoms with E-state index in [-0.39, 0.29) is 6.61 Å². The van der Waals surface area contributed by atoms with E-state index in [0.29, 0.717) is 7.92 Å². The van der Waals surface area contributed by atoms with Crippen molar-refractivity contribution in [3.8, 4) is 0 Å². The van der Waals surface area contributed by atoms with Gasteiger partial charge in [0.2, 0.25) is 0 Å². The lowest BCUT2D eigenvalue weighted by atomic mass is 10.9. The standard InChI is InChI=1S/C3H9P.C2H6O/c1-4(2)3;1-2-3/h1-3H3;3H,2H2,1H3. The van der Waals surface area contributed by atoms with Gasteiger partial charge in [-0.3, -0.25) is 0 Å². The fourth-order valence-electron chi connectivity index (χ4n) is 0. The molecule has 0 aromatic rings. The van der Waals surface area contributed by atoms with Crippen LogP contribution in [0.2, 0.25) is 0 Å². The molecule has 0 aromatic heterocycles. The van der Waals surface area contributed by atoms with Gasteiger partial charge in [-0.25, -0.2) is 0 Å². The molecule has 1 nitrogen and oxygen atoms in total. The van der Waals surface area contributed by atoms with E-state index in [1.807, 2.05) is 0 Å². The summed E-state index contributed by atoms with van der Waals surface area (Å²) in [5.74, 6) is 0. The summed E-state index contributed by atoms with van der Waals surface area (Å²) in [6.07, 6.45) is 0. The van der Waals surface area contributed by atoms with E-state index in [1.165, 1.54) is 0 Å². The fraction of sp³-hybridized carbons (Fsp3) is 1.00. The van der Waals surface area contributed by atoms with Crippen molar-refractivity contribution >= 4 is 7.92 Å². The van der Waals surface area contributed by atoms with E-state index >= 15 is 0 Å². The maximum atomic E-state index is 7.57. The van der Waals surface area contributed by atoms with Crippen molar-refractivity contribution in [2.24, 2.45) is 0 Å². The molecule has 0 heterocycles. The molecule has 0 atom stereocenters. The lowest BCUT2D eigenvalue weighted by Crippen LogP contribution is -1.57. The quantitative estimate of drug-likeness (QED) is 0.481. The van der Waals surface area contributed by atoms with Crippen LogP contribution >= 0.6 is 7.92 Å². The van der Waals surface area contributed by atoms with Crippen molar-refractivity contribution in [1.82, 2.24) is 0 Å². The van der Waals surface area contributed by atoms with E-state index in [1.54, 1.807) is 6.92 Å². The predicted octanol–water partition coefficient (Wildman–Crippen LogP) is 1.36. The summed E-state index contributed by atoms with van der Waals surface area (Å²) in [7, 11) is 0.380. The average Bonchev–Trinajstić information content (AvgIpc) is 1.33. The van der Waals surface area contributed by atoms with Crippen LogP contribution in [0.4, 0.5) is 0 Å². The van der Waals surface area contributed by atoms with Crippen LogP contribution < -0.4 is 0 Å². The second-order valence-corrected chi connectivity index (χ2v) is 4.34. The molecule has 0 saturated heterocycles. The molecule has 0 saturated carbocycles. The van der Waals surface area contributed by atoms with Crippen molar-refractivity contribution in [2.45, 2.75) is 6.92 Å². The van der Waals surface area contributed by atoms with Gasteiger partial charge in [0.25, 0.3) is 0 Å². The number of aliphatic hydroxyl groups excluding tert-OH is 1. The lowest BCUT2D eigenvalue weighted by Gasteiger charge is -1.81. The Morgan fingerprint density at radius 2 is 1.29 bits per heavy atom. The van der Waals surface area contributed by atoms with Gasteiger partial charge in [0.1, 0.15) is 0 Å². The Morgan fingerprint density at radius 3 is 1.29 bits per heavy atom. The van der Waals surface area contributed by atoms with Crippen LogP contribution in [-0.2, 0) is 0 Å². The van der Waals surface area contributed by atoms with E-state index < -0.39 is 0 Å². The normalized spacial score (nSPS) is 7.71. The van der Waals surface area contributed by atoms with Crippen LogP contribution in [-0.4, -0.2) is 31.7 Å². The maximum Gasteiger partial charge on any atom is 0.0402 e. The smallest absolute Gasteiger partial charge is 0.0402 e. The molecule has 0 fully saturated rings.